The van der Waals surface area contributed by atoms with Crippen molar-refractivity contribution >= 4 is 16.7 Å². The van der Waals surface area contributed by atoms with E-state index in [2.05, 4.69) is 15.3 Å². The zero-order valence-corrected chi connectivity index (χ0v) is 7.75. The summed E-state index contributed by atoms with van der Waals surface area (Å²) in [4.78, 5) is 7.83. The van der Waals surface area contributed by atoms with E-state index in [0.29, 0.717) is 5.92 Å². The second kappa shape index (κ2) is 2.72. The Morgan fingerprint density at radius 1 is 1.36 bits per heavy atom. The third kappa shape index (κ3) is 1.08. The summed E-state index contributed by atoms with van der Waals surface area (Å²) in [6, 6.07) is 5.76. The van der Waals surface area contributed by atoms with Crippen LogP contribution in [0.5, 0.6) is 0 Å². The molecule has 0 atom stereocenters. The van der Waals surface area contributed by atoms with E-state index in [9.17, 15) is 0 Å². The average molecular weight is 188 g/mol. The first-order valence-corrected chi connectivity index (χ1v) is 4.79. The summed E-state index contributed by atoms with van der Waals surface area (Å²) in [7, 11) is 0. The number of imidazole rings is 1. The predicted molar refractivity (Wildman–Crippen MR) is 56.1 cm³/mol. The lowest BCUT2D eigenvalue weighted by Crippen LogP contribution is -2.40. The topological polar surface area (TPSA) is 66.7 Å². The first-order chi connectivity index (χ1) is 6.83. The van der Waals surface area contributed by atoms with Crippen molar-refractivity contribution in [3.8, 4) is 0 Å². The van der Waals surface area contributed by atoms with E-state index in [-0.39, 0.29) is 0 Å². The van der Waals surface area contributed by atoms with Crippen molar-refractivity contribution in [3.63, 3.8) is 0 Å². The van der Waals surface area contributed by atoms with Crippen molar-refractivity contribution < 1.29 is 0 Å². The molecule has 0 aliphatic carbocycles. The summed E-state index contributed by atoms with van der Waals surface area (Å²) in [6.07, 6.45) is 0. The smallest absolute Gasteiger partial charge is 0.112 e. The lowest BCUT2D eigenvalue weighted by atomic mass is 10.0. The Balaban J connectivity index is 2.10. The molecular formula is C10H12N4. The van der Waals surface area contributed by atoms with E-state index in [1.54, 1.807) is 0 Å². The number of aromatic nitrogens is 2. The van der Waals surface area contributed by atoms with Gasteiger partial charge in [0, 0.05) is 24.7 Å². The minimum Gasteiger partial charge on any atom is -0.399 e. The lowest BCUT2D eigenvalue weighted by molar-refractivity contribution is 0.433. The van der Waals surface area contributed by atoms with Crippen LogP contribution in [0.1, 0.15) is 11.7 Å². The number of hydrogen-bond acceptors (Lipinski definition) is 3. The zero-order valence-electron chi connectivity index (χ0n) is 7.75. The number of hydrogen-bond donors (Lipinski definition) is 3. The fraction of sp³-hybridized carbons (Fsp3) is 0.300. The van der Waals surface area contributed by atoms with E-state index in [4.69, 9.17) is 5.73 Å². The third-order valence-corrected chi connectivity index (χ3v) is 2.69. The van der Waals surface area contributed by atoms with Crippen LogP contribution in [-0.4, -0.2) is 23.1 Å². The Labute approximate surface area is 81.5 Å². The number of rotatable bonds is 1. The number of nitrogens with zero attached hydrogens (tertiary/aromatic N) is 1. The molecule has 1 saturated heterocycles. The van der Waals surface area contributed by atoms with Gasteiger partial charge in [-0.15, -0.1) is 0 Å². The van der Waals surface area contributed by atoms with Crippen molar-refractivity contribution in [1.82, 2.24) is 15.3 Å². The monoisotopic (exact) mass is 188 g/mol. The van der Waals surface area contributed by atoms with Crippen LogP contribution in [0, 0.1) is 0 Å². The SMILES string of the molecule is Nc1ccc2nc(C3CNC3)[nH]c2c1. The van der Waals surface area contributed by atoms with Gasteiger partial charge in [0.2, 0.25) is 0 Å². The van der Waals surface area contributed by atoms with Gasteiger partial charge >= 0.3 is 0 Å². The van der Waals surface area contributed by atoms with Gasteiger partial charge in [0.15, 0.2) is 0 Å². The largest absolute Gasteiger partial charge is 0.399 e. The molecule has 0 spiro atoms. The Morgan fingerprint density at radius 3 is 2.93 bits per heavy atom. The Bertz CT molecular complexity index is 470. The van der Waals surface area contributed by atoms with Gasteiger partial charge in [-0.05, 0) is 18.2 Å². The maximum Gasteiger partial charge on any atom is 0.112 e. The second-order valence-corrected chi connectivity index (χ2v) is 3.75. The molecular weight excluding hydrogens is 176 g/mol. The molecule has 4 nitrogen and oxygen atoms in total. The number of nitrogen functional groups attached to an aromatic ring is 1. The number of fused-ring (bicyclic) bond motifs is 1. The molecule has 2 aromatic rings. The molecule has 0 saturated carbocycles. The van der Waals surface area contributed by atoms with Crippen molar-refractivity contribution in [3.05, 3.63) is 24.0 Å². The highest BCUT2D eigenvalue weighted by atomic mass is 15.0. The molecule has 3 rings (SSSR count). The molecule has 0 amide bonds. The molecule has 2 heterocycles. The molecule has 1 aliphatic heterocycles. The van der Waals surface area contributed by atoms with E-state index in [1.165, 1.54) is 0 Å². The molecule has 0 radical (unpaired) electrons. The summed E-state index contributed by atoms with van der Waals surface area (Å²) in [5, 5.41) is 3.23. The zero-order chi connectivity index (χ0) is 9.54. The van der Waals surface area contributed by atoms with Crippen LogP contribution in [-0.2, 0) is 0 Å². The molecule has 14 heavy (non-hydrogen) atoms. The van der Waals surface area contributed by atoms with Gasteiger partial charge in [-0.3, -0.25) is 0 Å². The highest BCUT2D eigenvalue weighted by molar-refractivity contribution is 5.78. The molecule has 1 aromatic carbocycles. The third-order valence-electron chi connectivity index (χ3n) is 2.69. The minimum absolute atomic E-state index is 0.545. The summed E-state index contributed by atoms with van der Waals surface area (Å²) in [6.45, 7) is 2.05. The standard InChI is InChI=1S/C10H12N4/c11-7-1-2-8-9(3-7)14-10(13-8)6-4-12-5-6/h1-3,6,12H,4-5,11H2,(H,13,14). The summed E-state index contributed by atoms with van der Waals surface area (Å²) < 4.78 is 0. The summed E-state index contributed by atoms with van der Waals surface area (Å²) in [5.74, 6) is 1.62. The lowest BCUT2D eigenvalue weighted by Gasteiger charge is -2.24. The number of H-pyrrole nitrogens is 1. The minimum atomic E-state index is 0.545. The van der Waals surface area contributed by atoms with Crippen LogP contribution in [0.25, 0.3) is 11.0 Å². The molecule has 0 unspecified atom stereocenters. The van der Waals surface area contributed by atoms with Crippen LogP contribution >= 0.6 is 0 Å². The van der Waals surface area contributed by atoms with Crippen LogP contribution in [0.3, 0.4) is 0 Å². The van der Waals surface area contributed by atoms with Crippen molar-refractivity contribution in [2.24, 2.45) is 0 Å². The molecule has 4 N–H and O–H groups in total. The second-order valence-electron chi connectivity index (χ2n) is 3.75. The van der Waals surface area contributed by atoms with E-state index in [1.807, 2.05) is 18.2 Å². The predicted octanol–water partition coefficient (Wildman–Crippen LogP) is 0.832. The molecule has 1 aliphatic rings. The molecule has 72 valence electrons. The Hall–Kier alpha value is -1.55. The van der Waals surface area contributed by atoms with Crippen LogP contribution in [0.2, 0.25) is 0 Å². The van der Waals surface area contributed by atoms with Crippen LogP contribution < -0.4 is 11.1 Å². The number of aromatic amines is 1. The molecule has 4 heteroatoms. The molecule has 1 fully saturated rings. The fourth-order valence-electron chi connectivity index (χ4n) is 1.72. The number of benzene rings is 1. The first-order valence-electron chi connectivity index (χ1n) is 4.79. The van der Waals surface area contributed by atoms with Crippen LogP contribution in [0.4, 0.5) is 5.69 Å². The number of anilines is 1. The van der Waals surface area contributed by atoms with Crippen molar-refractivity contribution in [2.75, 3.05) is 18.8 Å². The normalized spacial score (nSPS) is 17.1. The van der Waals surface area contributed by atoms with Gasteiger partial charge in [-0.25, -0.2) is 4.98 Å². The van der Waals surface area contributed by atoms with Crippen LogP contribution in [0.15, 0.2) is 18.2 Å². The summed E-state index contributed by atoms with van der Waals surface area (Å²) >= 11 is 0. The van der Waals surface area contributed by atoms with Crippen molar-refractivity contribution in [1.29, 1.82) is 0 Å². The molecule has 1 aromatic heterocycles. The Morgan fingerprint density at radius 2 is 2.21 bits per heavy atom. The Kier molecular flexibility index (Phi) is 1.52. The van der Waals surface area contributed by atoms with E-state index >= 15 is 0 Å². The maximum absolute atomic E-state index is 5.70. The van der Waals surface area contributed by atoms with E-state index < -0.39 is 0 Å². The van der Waals surface area contributed by atoms with Gasteiger partial charge in [-0.2, -0.15) is 0 Å². The number of nitrogens with two attached hydrogens (primary N) is 1. The van der Waals surface area contributed by atoms with Gasteiger partial charge in [0.05, 0.1) is 11.0 Å². The highest BCUT2D eigenvalue weighted by Gasteiger charge is 2.21. The van der Waals surface area contributed by atoms with Gasteiger partial charge in [-0.1, -0.05) is 0 Å². The molecule has 0 bridgehead atoms. The summed E-state index contributed by atoms with van der Waals surface area (Å²) in [5.41, 5.74) is 8.51. The van der Waals surface area contributed by atoms with Crippen molar-refractivity contribution in [2.45, 2.75) is 5.92 Å². The number of nitrogens with one attached hydrogen (secondary N) is 2. The first kappa shape index (κ1) is 7.82. The quantitative estimate of drug-likeness (QED) is 0.581. The fourth-order valence-corrected chi connectivity index (χ4v) is 1.72. The highest BCUT2D eigenvalue weighted by Crippen LogP contribution is 2.21. The van der Waals surface area contributed by atoms with Gasteiger partial charge in [0.25, 0.3) is 0 Å². The van der Waals surface area contributed by atoms with Gasteiger partial charge in [0.1, 0.15) is 5.82 Å². The average Bonchev–Trinajstić information content (AvgIpc) is 2.43. The van der Waals surface area contributed by atoms with E-state index in [0.717, 1.165) is 35.6 Å². The van der Waals surface area contributed by atoms with Gasteiger partial charge < -0.3 is 16.0 Å². The maximum atomic E-state index is 5.70.